The first-order valence-corrected chi connectivity index (χ1v) is 6.75. The van der Waals surface area contributed by atoms with Gasteiger partial charge in [-0.1, -0.05) is 37.3 Å². The lowest BCUT2D eigenvalue weighted by atomic mass is 9.98. The molecule has 1 rings (SSSR count). The molecule has 0 spiro atoms. The molecule has 0 aliphatic carbocycles. The van der Waals surface area contributed by atoms with Crippen molar-refractivity contribution >= 4 is 0 Å². The highest BCUT2D eigenvalue weighted by Crippen LogP contribution is 2.16. The minimum atomic E-state index is 0.679. The average Bonchev–Trinajstić information content (AvgIpc) is 2.34. The Balaban J connectivity index is 2.26. The molecule has 96 valence electrons. The van der Waals surface area contributed by atoms with Crippen LogP contribution in [0, 0.1) is 0 Å². The standard InChI is InChI=1S/C15H26N2/c1-14(15-8-6-5-7-9-15)10-11-17(4)13-12-16(2)3/h5-9,14H,10-13H2,1-4H3/p+2/t14-/m1/s1. The lowest BCUT2D eigenvalue weighted by molar-refractivity contribution is -0.929. The van der Waals surface area contributed by atoms with Gasteiger partial charge in [-0.05, 0) is 11.5 Å². The maximum Gasteiger partial charge on any atom is 0.127 e. The van der Waals surface area contributed by atoms with Crippen LogP contribution in [-0.2, 0) is 0 Å². The molecule has 0 saturated heterocycles. The van der Waals surface area contributed by atoms with E-state index < -0.39 is 0 Å². The van der Waals surface area contributed by atoms with Crippen molar-refractivity contribution in [1.29, 1.82) is 0 Å². The average molecular weight is 236 g/mol. The van der Waals surface area contributed by atoms with Crippen molar-refractivity contribution in [2.45, 2.75) is 19.3 Å². The molecule has 1 unspecified atom stereocenters. The van der Waals surface area contributed by atoms with Crippen LogP contribution in [0.15, 0.2) is 30.3 Å². The molecule has 2 nitrogen and oxygen atoms in total. The molecule has 0 aromatic heterocycles. The van der Waals surface area contributed by atoms with Crippen molar-refractivity contribution in [3.63, 3.8) is 0 Å². The van der Waals surface area contributed by atoms with Crippen molar-refractivity contribution in [3.05, 3.63) is 35.9 Å². The molecule has 0 aliphatic heterocycles. The molecule has 17 heavy (non-hydrogen) atoms. The summed E-state index contributed by atoms with van der Waals surface area (Å²) in [5, 5.41) is 0. The first kappa shape index (κ1) is 14.2. The molecule has 2 atom stereocenters. The molecule has 0 aliphatic rings. The van der Waals surface area contributed by atoms with Gasteiger partial charge in [-0.2, -0.15) is 0 Å². The van der Waals surface area contributed by atoms with Gasteiger partial charge in [0.25, 0.3) is 0 Å². The van der Waals surface area contributed by atoms with E-state index >= 15 is 0 Å². The summed E-state index contributed by atoms with van der Waals surface area (Å²) in [7, 11) is 6.75. The molecule has 0 saturated carbocycles. The Bertz CT molecular complexity index is 295. The van der Waals surface area contributed by atoms with Gasteiger partial charge in [0.1, 0.15) is 13.1 Å². The van der Waals surface area contributed by atoms with E-state index in [1.54, 1.807) is 9.80 Å². The zero-order valence-electron chi connectivity index (χ0n) is 11.8. The highest BCUT2D eigenvalue weighted by molar-refractivity contribution is 5.18. The van der Waals surface area contributed by atoms with Gasteiger partial charge < -0.3 is 9.80 Å². The summed E-state index contributed by atoms with van der Waals surface area (Å²) >= 11 is 0. The normalized spacial score (nSPS) is 14.9. The topological polar surface area (TPSA) is 8.88 Å². The van der Waals surface area contributed by atoms with Crippen LogP contribution in [0.4, 0.5) is 0 Å². The van der Waals surface area contributed by atoms with Gasteiger partial charge in [0.2, 0.25) is 0 Å². The van der Waals surface area contributed by atoms with Crippen LogP contribution in [0.5, 0.6) is 0 Å². The largest absolute Gasteiger partial charge is 0.335 e. The van der Waals surface area contributed by atoms with Crippen molar-refractivity contribution in [3.8, 4) is 0 Å². The highest BCUT2D eigenvalue weighted by atomic mass is 15.1. The summed E-state index contributed by atoms with van der Waals surface area (Å²) in [5.41, 5.74) is 1.47. The third kappa shape index (κ3) is 5.85. The van der Waals surface area contributed by atoms with Crippen LogP contribution in [-0.4, -0.2) is 40.8 Å². The molecule has 0 fully saturated rings. The van der Waals surface area contributed by atoms with E-state index in [4.69, 9.17) is 0 Å². The van der Waals surface area contributed by atoms with E-state index in [0.717, 1.165) is 0 Å². The first-order chi connectivity index (χ1) is 8.09. The summed E-state index contributed by atoms with van der Waals surface area (Å²) in [5.74, 6) is 0.679. The lowest BCUT2D eigenvalue weighted by Crippen LogP contribution is -3.16. The molecule has 1 aromatic carbocycles. The van der Waals surface area contributed by atoms with E-state index in [-0.39, 0.29) is 0 Å². The summed E-state index contributed by atoms with van der Waals surface area (Å²) < 4.78 is 0. The third-order valence-electron chi connectivity index (χ3n) is 3.42. The molecule has 0 amide bonds. The zero-order chi connectivity index (χ0) is 12.7. The second-order valence-corrected chi connectivity index (χ2v) is 5.51. The predicted molar refractivity (Wildman–Crippen MR) is 73.8 cm³/mol. The summed E-state index contributed by atoms with van der Waals surface area (Å²) in [6.07, 6.45) is 1.28. The second-order valence-electron chi connectivity index (χ2n) is 5.51. The molecule has 0 radical (unpaired) electrons. The number of likely N-dealkylation sites (N-methyl/N-ethyl adjacent to an activating group) is 2. The van der Waals surface area contributed by atoms with Crippen LogP contribution in [0.25, 0.3) is 0 Å². The van der Waals surface area contributed by atoms with Gasteiger partial charge in [-0.15, -0.1) is 0 Å². The molecule has 2 N–H and O–H groups in total. The Hall–Kier alpha value is -0.860. The fourth-order valence-electron chi connectivity index (χ4n) is 2.00. The Morgan fingerprint density at radius 2 is 1.59 bits per heavy atom. The number of rotatable bonds is 7. The van der Waals surface area contributed by atoms with Crippen molar-refractivity contribution in [2.24, 2.45) is 0 Å². The number of nitrogens with one attached hydrogen (secondary N) is 2. The maximum atomic E-state index is 2.33. The van der Waals surface area contributed by atoms with Crippen LogP contribution < -0.4 is 9.80 Å². The first-order valence-electron chi connectivity index (χ1n) is 6.75. The van der Waals surface area contributed by atoms with Gasteiger partial charge in [-0.3, -0.25) is 0 Å². The van der Waals surface area contributed by atoms with Crippen LogP contribution in [0.3, 0.4) is 0 Å². The minimum Gasteiger partial charge on any atom is -0.335 e. The second kappa shape index (κ2) is 7.46. The Kier molecular flexibility index (Phi) is 6.23. The number of hydrogen-bond donors (Lipinski definition) is 2. The van der Waals surface area contributed by atoms with Crippen LogP contribution in [0.1, 0.15) is 24.8 Å². The minimum absolute atomic E-state index is 0.679. The van der Waals surface area contributed by atoms with Crippen molar-refractivity contribution in [1.82, 2.24) is 0 Å². The Morgan fingerprint density at radius 3 is 2.18 bits per heavy atom. The van der Waals surface area contributed by atoms with E-state index in [2.05, 4.69) is 58.4 Å². The monoisotopic (exact) mass is 236 g/mol. The van der Waals surface area contributed by atoms with Gasteiger partial charge in [0, 0.05) is 6.42 Å². The lowest BCUT2D eigenvalue weighted by Gasteiger charge is -2.18. The number of quaternary nitrogens is 2. The van der Waals surface area contributed by atoms with Crippen molar-refractivity contribution < 1.29 is 9.80 Å². The SMILES string of the molecule is C[C@H](CC[NH+](C)CC[NH+](C)C)c1ccccc1. The predicted octanol–water partition coefficient (Wildman–Crippen LogP) is -0.161. The quantitative estimate of drug-likeness (QED) is 0.651. The molecular formula is C15H28N2+2. The third-order valence-corrected chi connectivity index (χ3v) is 3.42. The Morgan fingerprint density at radius 1 is 0.941 bits per heavy atom. The van der Waals surface area contributed by atoms with Crippen LogP contribution >= 0.6 is 0 Å². The Labute approximate surface area is 106 Å². The van der Waals surface area contributed by atoms with Gasteiger partial charge in [0.05, 0.1) is 27.7 Å². The molecule has 0 bridgehead atoms. The van der Waals surface area contributed by atoms with Crippen molar-refractivity contribution in [2.75, 3.05) is 40.8 Å². The van der Waals surface area contributed by atoms with Gasteiger partial charge >= 0.3 is 0 Å². The fraction of sp³-hybridized carbons (Fsp3) is 0.600. The van der Waals surface area contributed by atoms with E-state index in [1.165, 1.54) is 31.6 Å². The summed E-state index contributed by atoms with van der Waals surface area (Å²) in [6, 6.07) is 10.8. The molecule has 2 heteroatoms. The summed E-state index contributed by atoms with van der Waals surface area (Å²) in [6.45, 7) is 6.12. The van der Waals surface area contributed by atoms with Gasteiger partial charge in [-0.25, -0.2) is 0 Å². The molecule has 1 aromatic rings. The van der Waals surface area contributed by atoms with Gasteiger partial charge in [0.15, 0.2) is 0 Å². The fourth-order valence-corrected chi connectivity index (χ4v) is 2.00. The zero-order valence-corrected chi connectivity index (χ0v) is 11.8. The molecule has 0 heterocycles. The number of benzene rings is 1. The molecular weight excluding hydrogens is 208 g/mol. The van der Waals surface area contributed by atoms with Crippen LogP contribution in [0.2, 0.25) is 0 Å². The number of hydrogen-bond acceptors (Lipinski definition) is 0. The van der Waals surface area contributed by atoms with E-state index in [9.17, 15) is 0 Å². The summed E-state index contributed by atoms with van der Waals surface area (Å²) in [4.78, 5) is 3.19. The van der Waals surface area contributed by atoms with E-state index in [0.29, 0.717) is 5.92 Å². The van der Waals surface area contributed by atoms with E-state index in [1.807, 2.05) is 0 Å². The maximum absolute atomic E-state index is 2.33. The smallest absolute Gasteiger partial charge is 0.127 e. The highest BCUT2D eigenvalue weighted by Gasteiger charge is 2.09.